The van der Waals surface area contributed by atoms with Crippen LogP contribution in [0.1, 0.15) is 50.2 Å². The number of aryl methyl sites for hydroxylation is 2. The number of hydrogen-bond donors (Lipinski definition) is 1. The number of carbonyl (C=O) groups excluding carboxylic acids is 3. The second kappa shape index (κ2) is 11.0. The molecule has 2 aromatic heterocycles. The van der Waals surface area contributed by atoms with Gasteiger partial charge in [-0.25, -0.2) is 4.98 Å². The lowest BCUT2D eigenvalue weighted by molar-refractivity contribution is -0.117. The maximum Gasteiger partial charge on any atom is 0.254 e. The molecule has 9 heteroatoms. The molecule has 5 rings (SSSR count). The van der Waals surface area contributed by atoms with Crippen molar-refractivity contribution in [3.63, 3.8) is 0 Å². The van der Waals surface area contributed by atoms with Crippen molar-refractivity contribution in [3.05, 3.63) is 82.8 Å². The number of rotatable bonds is 6. The van der Waals surface area contributed by atoms with Crippen LogP contribution in [-0.2, 0) is 11.3 Å². The molecule has 0 unspecified atom stereocenters. The lowest BCUT2D eigenvalue weighted by Gasteiger charge is -2.36. The van der Waals surface area contributed by atoms with E-state index >= 15 is 0 Å². The van der Waals surface area contributed by atoms with Crippen LogP contribution in [0, 0.1) is 13.8 Å². The van der Waals surface area contributed by atoms with Gasteiger partial charge >= 0.3 is 0 Å². The zero-order valence-corrected chi connectivity index (χ0v) is 21.8. The van der Waals surface area contributed by atoms with Crippen LogP contribution in [0.2, 0.25) is 0 Å². The van der Waals surface area contributed by atoms with Gasteiger partial charge in [0, 0.05) is 70.0 Å². The number of amides is 3. The maximum atomic E-state index is 13.7. The van der Waals surface area contributed by atoms with Gasteiger partial charge in [-0.3, -0.25) is 19.4 Å². The summed E-state index contributed by atoms with van der Waals surface area (Å²) in [5, 5.41) is 2.91. The predicted octanol–water partition coefficient (Wildman–Crippen LogP) is 3.11. The summed E-state index contributed by atoms with van der Waals surface area (Å²) in [6.07, 6.45) is 6.50. The molecule has 0 aliphatic carbocycles. The molecular formula is C29H32N6O3. The van der Waals surface area contributed by atoms with Crippen LogP contribution in [0.25, 0.3) is 0 Å². The molecule has 0 atom stereocenters. The molecule has 0 spiro atoms. The first-order valence-corrected chi connectivity index (χ1v) is 13.0. The van der Waals surface area contributed by atoms with Gasteiger partial charge in [0.15, 0.2) is 0 Å². The SMILES string of the molecule is Cc1cnc(N2CCN(C(=O)c3ccc(N4CCCC4=O)cc3C(=O)NCc3cccnc3)CC2)c(C)c1. The Kier molecular flexibility index (Phi) is 7.35. The zero-order valence-electron chi connectivity index (χ0n) is 21.8. The first-order chi connectivity index (χ1) is 18.4. The van der Waals surface area contributed by atoms with Crippen LogP contribution in [0.4, 0.5) is 11.5 Å². The van der Waals surface area contributed by atoms with Gasteiger partial charge in [0.05, 0.1) is 11.1 Å². The van der Waals surface area contributed by atoms with Crippen LogP contribution < -0.4 is 15.1 Å². The first kappa shape index (κ1) is 25.4. The molecule has 1 N–H and O–H groups in total. The van der Waals surface area contributed by atoms with Crippen molar-refractivity contribution in [2.24, 2.45) is 0 Å². The minimum Gasteiger partial charge on any atom is -0.353 e. The zero-order chi connectivity index (χ0) is 26.6. The summed E-state index contributed by atoms with van der Waals surface area (Å²) in [6, 6.07) is 10.9. The molecule has 196 valence electrons. The number of nitrogens with one attached hydrogen (secondary N) is 1. The van der Waals surface area contributed by atoms with E-state index in [2.05, 4.69) is 33.2 Å². The van der Waals surface area contributed by atoms with E-state index in [1.807, 2.05) is 25.3 Å². The summed E-state index contributed by atoms with van der Waals surface area (Å²) >= 11 is 0. The molecule has 3 aromatic rings. The number of aromatic nitrogens is 2. The fourth-order valence-corrected chi connectivity index (χ4v) is 5.11. The Morgan fingerprint density at radius 2 is 1.79 bits per heavy atom. The molecule has 2 aliphatic heterocycles. The van der Waals surface area contributed by atoms with Crippen molar-refractivity contribution in [3.8, 4) is 0 Å². The van der Waals surface area contributed by atoms with Gasteiger partial charge < -0.3 is 20.0 Å². The van der Waals surface area contributed by atoms with Crippen LogP contribution >= 0.6 is 0 Å². The van der Waals surface area contributed by atoms with E-state index < -0.39 is 0 Å². The smallest absolute Gasteiger partial charge is 0.254 e. The van der Waals surface area contributed by atoms with Gasteiger partial charge in [-0.15, -0.1) is 0 Å². The summed E-state index contributed by atoms with van der Waals surface area (Å²) in [7, 11) is 0. The minimum absolute atomic E-state index is 0.0296. The van der Waals surface area contributed by atoms with Crippen molar-refractivity contribution in [2.75, 3.05) is 42.5 Å². The van der Waals surface area contributed by atoms with E-state index in [0.717, 1.165) is 28.9 Å². The Bertz CT molecular complexity index is 1350. The topological polar surface area (TPSA) is 98.7 Å². The summed E-state index contributed by atoms with van der Waals surface area (Å²) in [5.41, 5.74) is 4.34. The Labute approximate surface area is 222 Å². The van der Waals surface area contributed by atoms with Crippen LogP contribution in [0.3, 0.4) is 0 Å². The molecular weight excluding hydrogens is 480 g/mol. The van der Waals surface area contributed by atoms with Crippen LogP contribution in [-0.4, -0.2) is 65.3 Å². The highest BCUT2D eigenvalue weighted by Gasteiger charge is 2.29. The van der Waals surface area contributed by atoms with Crippen molar-refractivity contribution >= 4 is 29.2 Å². The van der Waals surface area contributed by atoms with Gasteiger partial charge in [0.25, 0.3) is 11.8 Å². The molecule has 2 saturated heterocycles. The highest BCUT2D eigenvalue weighted by atomic mass is 16.2. The third-order valence-electron chi connectivity index (χ3n) is 7.09. The Morgan fingerprint density at radius 3 is 2.47 bits per heavy atom. The molecule has 0 bridgehead atoms. The average molecular weight is 513 g/mol. The third kappa shape index (κ3) is 5.37. The maximum absolute atomic E-state index is 13.7. The van der Waals surface area contributed by atoms with Gasteiger partial charge in [0.2, 0.25) is 5.91 Å². The number of benzene rings is 1. The van der Waals surface area contributed by atoms with Crippen molar-refractivity contribution < 1.29 is 14.4 Å². The molecule has 1 aromatic carbocycles. The molecule has 9 nitrogen and oxygen atoms in total. The highest BCUT2D eigenvalue weighted by molar-refractivity contribution is 6.08. The summed E-state index contributed by atoms with van der Waals surface area (Å²) < 4.78 is 0. The highest BCUT2D eigenvalue weighted by Crippen LogP contribution is 2.26. The molecule has 2 aliphatic rings. The number of hydrogen-bond acceptors (Lipinski definition) is 6. The second-order valence-electron chi connectivity index (χ2n) is 9.86. The fourth-order valence-electron chi connectivity index (χ4n) is 5.11. The number of piperazine rings is 1. The van der Waals surface area contributed by atoms with E-state index in [-0.39, 0.29) is 29.8 Å². The molecule has 0 saturated carbocycles. The van der Waals surface area contributed by atoms with E-state index in [0.29, 0.717) is 50.4 Å². The average Bonchev–Trinajstić information content (AvgIpc) is 3.37. The number of nitrogens with zero attached hydrogens (tertiary/aromatic N) is 5. The third-order valence-corrected chi connectivity index (χ3v) is 7.09. The van der Waals surface area contributed by atoms with E-state index in [4.69, 9.17) is 0 Å². The van der Waals surface area contributed by atoms with Crippen molar-refractivity contribution in [1.29, 1.82) is 0 Å². The fraction of sp³-hybridized carbons (Fsp3) is 0.345. The predicted molar refractivity (Wildman–Crippen MR) is 145 cm³/mol. The number of carbonyl (C=O) groups is 3. The van der Waals surface area contributed by atoms with Gasteiger partial charge in [-0.1, -0.05) is 12.1 Å². The van der Waals surface area contributed by atoms with Crippen LogP contribution in [0.5, 0.6) is 0 Å². The minimum atomic E-state index is -0.358. The number of anilines is 2. The lowest BCUT2D eigenvalue weighted by atomic mass is 10.0. The quantitative estimate of drug-likeness (QED) is 0.545. The van der Waals surface area contributed by atoms with E-state index in [1.54, 1.807) is 40.4 Å². The first-order valence-electron chi connectivity index (χ1n) is 13.0. The summed E-state index contributed by atoms with van der Waals surface area (Å²) in [5.74, 6) is 0.424. The normalized spacial score (nSPS) is 15.6. The van der Waals surface area contributed by atoms with Gasteiger partial charge in [-0.05, 0) is 61.2 Å². The molecule has 3 amide bonds. The number of pyridine rings is 2. The van der Waals surface area contributed by atoms with Crippen molar-refractivity contribution in [2.45, 2.75) is 33.2 Å². The Morgan fingerprint density at radius 1 is 0.974 bits per heavy atom. The molecule has 38 heavy (non-hydrogen) atoms. The summed E-state index contributed by atoms with van der Waals surface area (Å²) in [6.45, 7) is 7.34. The molecule has 4 heterocycles. The van der Waals surface area contributed by atoms with Gasteiger partial charge in [-0.2, -0.15) is 0 Å². The molecule has 2 fully saturated rings. The van der Waals surface area contributed by atoms with Gasteiger partial charge in [0.1, 0.15) is 5.82 Å². The van der Waals surface area contributed by atoms with E-state index in [1.165, 1.54) is 0 Å². The van der Waals surface area contributed by atoms with Crippen molar-refractivity contribution in [1.82, 2.24) is 20.2 Å². The van der Waals surface area contributed by atoms with E-state index in [9.17, 15) is 14.4 Å². The monoisotopic (exact) mass is 512 g/mol. The summed E-state index contributed by atoms with van der Waals surface area (Å²) in [4.78, 5) is 53.7. The Hall–Kier alpha value is -4.27. The second-order valence-corrected chi connectivity index (χ2v) is 9.86. The van der Waals surface area contributed by atoms with Crippen LogP contribution in [0.15, 0.2) is 55.0 Å². The molecule has 0 radical (unpaired) electrons. The standard InChI is InChI=1S/C29H32N6O3/c1-20-15-21(2)27(31-17-20)33-11-13-34(14-12-33)29(38)24-8-7-23(35-10-4-6-26(35)36)16-25(24)28(37)32-19-22-5-3-9-30-18-22/h3,5,7-9,15-18H,4,6,10-14,19H2,1-2H3,(H,32,37). The lowest BCUT2D eigenvalue weighted by Crippen LogP contribution is -2.49. The Balaban J connectivity index is 1.35. The largest absolute Gasteiger partial charge is 0.353 e.